The van der Waals surface area contributed by atoms with Crippen LogP contribution in [0.3, 0.4) is 0 Å². The molecule has 1 N–H and O–H groups in total. The standard InChI is InChI=1S/C20H20N2O2/c1-2-3-14-24-18-12-5-4-11-17(18)22-20(23)16-10-6-8-15-9-7-13-21-19(15)16/h4-13H,2-3,14H2,1H3,(H,22,23). The molecule has 1 amide bonds. The molecular weight excluding hydrogens is 300 g/mol. The predicted molar refractivity (Wildman–Crippen MR) is 96.5 cm³/mol. The molecule has 1 heterocycles. The number of carbonyl (C=O) groups excluding carboxylic acids is 1. The van der Waals surface area contributed by atoms with Gasteiger partial charge in [0.1, 0.15) is 5.75 Å². The molecule has 0 atom stereocenters. The first-order valence-electron chi connectivity index (χ1n) is 8.16. The van der Waals surface area contributed by atoms with Crippen molar-refractivity contribution in [1.29, 1.82) is 0 Å². The van der Waals surface area contributed by atoms with Gasteiger partial charge in [-0.25, -0.2) is 0 Å². The minimum absolute atomic E-state index is 0.189. The van der Waals surface area contributed by atoms with E-state index in [4.69, 9.17) is 4.74 Å². The van der Waals surface area contributed by atoms with Gasteiger partial charge in [-0.2, -0.15) is 0 Å². The third kappa shape index (κ3) is 3.54. The number of nitrogens with one attached hydrogen (secondary N) is 1. The van der Waals surface area contributed by atoms with Crippen LogP contribution in [0.2, 0.25) is 0 Å². The lowest BCUT2D eigenvalue weighted by atomic mass is 10.1. The Morgan fingerprint density at radius 3 is 2.79 bits per heavy atom. The lowest BCUT2D eigenvalue weighted by molar-refractivity contribution is 0.102. The van der Waals surface area contributed by atoms with Gasteiger partial charge in [-0.3, -0.25) is 9.78 Å². The maximum Gasteiger partial charge on any atom is 0.257 e. The number of ether oxygens (including phenoxy) is 1. The molecule has 0 fully saturated rings. The summed E-state index contributed by atoms with van der Waals surface area (Å²) in [4.78, 5) is 17.0. The third-order valence-electron chi connectivity index (χ3n) is 3.77. The number of anilines is 1. The van der Waals surface area contributed by atoms with Crippen LogP contribution in [0.5, 0.6) is 5.75 Å². The molecule has 0 aliphatic heterocycles. The average molecular weight is 320 g/mol. The van der Waals surface area contributed by atoms with Crippen LogP contribution in [0.15, 0.2) is 60.8 Å². The van der Waals surface area contributed by atoms with Gasteiger partial charge in [0.2, 0.25) is 0 Å². The van der Waals surface area contributed by atoms with Gasteiger partial charge in [-0.05, 0) is 30.7 Å². The highest BCUT2D eigenvalue weighted by molar-refractivity contribution is 6.12. The second-order valence-electron chi connectivity index (χ2n) is 5.53. The van der Waals surface area contributed by atoms with Gasteiger partial charge in [0.25, 0.3) is 5.91 Å². The van der Waals surface area contributed by atoms with Crippen LogP contribution in [-0.2, 0) is 0 Å². The fraction of sp³-hybridized carbons (Fsp3) is 0.200. The summed E-state index contributed by atoms with van der Waals surface area (Å²) in [6.45, 7) is 2.75. The highest BCUT2D eigenvalue weighted by Gasteiger charge is 2.13. The summed E-state index contributed by atoms with van der Waals surface area (Å²) in [7, 11) is 0. The maximum atomic E-state index is 12.7. The summed E-state index contributed by atoms with van der Waals surface area (Å²) in [6.07, 6.45) is 3.74. The molecule has 3 aromatic rings. The van der Waals surface area contributed by atoms with Crippen LogP contribution in [0.25, 0.3) is 10.9 Å². The van der Waals surface area contributed by atoms with E-state index in [1.807, 2.05) is 48.5 Å². The summed E-state index contributed by atoms with van der Waals surface area (Å²) >= 11 is 0. The Balaban J connectivity index is 1.84. The second-order valence-corrected chi connectivity index (χ2v) is 5.53. The summed E-state index contributed by atoms with van der Waals surface area (Å²) < 4.78 is 5.77. The van der Waals surface area contributed by atoms with E-state index in [0.29, 0.717) is 29.1 Å². The van der Waals surface area contributed by atoms with Crippen LogP contribution in [0, 0.1) is 0 Å². The molecular formula is C20H20N2O2. The number of unbranched alkanes of at least 4 members (excludes halogenated alkanes) is 1. The Bertz CT molecular complexity index is 840. The largest absolute Gasteiger partial charge is 0.491 e. The highest BCUT2D eigenvalue weighted by atomic mass is 16.5. The molecule has 4 heteroatoms. The first kappa shape index (κ1) is 16.0. The van der Waals surface area contributed by atoms with Crippen molar-refractivity contribution >= 4 is 22.5 Å². The molecule has 0 aliphatic carbocycles. The van der Waals surface area contributed by atoms with E-state index in [9.17, 15) is 4.79 Å². The van der Waals surface area contributed by atoms with Crippen LogP contribution in [0.1, 0.15) is 30.1 Å². The molecule has 24 heavy (non-hydrogen) atoms. The van der Waals surface area contributed by atoms with E-state index in [1.54, 1.807) is 12.3 Å². The zero-order valence-electron chi connectivity index (χ0n) is 13.7. The molecule has 0 bridgehead atoms. The molecule has 0 spiro atoms. The van der Waals surface area contributed by atoms with Crippen molar-refractivity contribution < 1.29 is 9.53 Å². The fourth-order valence-corrected chi connectivity index (χ4v) is 2.50. The number of benzene rings is 2. The number of nitrogens with zero attached hydrogens (tertiary/aromatic N) is 1. The van der Waals surface area contributed by atoms with Crippen molar-refractivity contribution in [3.63, 3.8) is 0 Å². The highest BCUT2D eigenvalue weighted by Crippen LogP contribution is 2.25. The third-order valence-corrected chi connectivity index (χ3v) is 3.77. The molecule has 0 saturated carbocycles. The van der Waals surface area contributed by atoms with Crippen LogP contribution < -0.4 is 10.1 Å². The van der Waals surface area contributed by atoms with E-state index in [2.05, 4.69) is 17.2 Å². The number of amides is 1. The van der Waals surface area contributed by atoms with Crippen molar-refractivity contribution in [2.45, 2.75) is 19.8 Å². The maximum absolute atomic E-state index is 12.7. The Labute approximate surface area is 141 Å². The van der Waals surface area contributed by atoms with Crippen LogP contribution in [0.4, 0.5) is 5.69 Å². The number of carbonyl (C=O) groups is 1. The van der Waals surface area contributed by atoms with Gasteiger partial charge in [-0.1, -0.05) is 43.7 Å². The number of hydrogen-bond donors (Lipinski definition) is 1. The molecule has 3 rings (SSSR count). The molecule has 0 saturated heterocycles. The smallest absolute Gasteiger partial charge is 0.257 e. The molecule has 2 aromatic carbocycles. The second kappa shape index (κ2) is 7.59. The minimum atomic E-state index is -0.189. The quantitative estimate of drug-likeness (QED) is 0.672. The van der Waals surface area contributed by atoms with Crippen LogP contribution in [-0.4, -0.2) is 17.5 Å². The summed E-state index contributed by atoms with van der Waals surface area (Å²) in [6, 6.07) is 16.9. The Morgan fingerprint density at radius 2 is 1.92 bits per heavy atom. The SMILES string of the molecule is CCCCOc1ccccc1NC(=O)c1cccc2cccnc12. The summed E-state index contributed by atoms with van der Waals surface area (Å²) in [5.74, 6) is 0.498. The van der Waals surface area contributed by atoms with Gasteiger partial charge < -0.3 is 10.1 Å². The van der Waals surface area contributed by atoms with Crippen molar-refractivity contribution in [3.8, 4) is 5.75 Å². The zero-order chi connectivity index (χ0) is 16.8. The fourth-order valence-electron chi connectivity index (χ4n) is 2.50. The van der Waals surface area contributed by atoms with Crippen molar-refractivity contribution in [2.24, 2.45) is 0 Å². The van der Waals surface area contributed by atoms with E-state index >= 15 is 0 Å². The zero-order valence-corrected chi connectivity index (χ0v) is 13.7. The molecule has 0 unspecified atom stereocenters. The van der Waals surface area contributed by atoms with Gasteiger partial charge in [0.05, 0.1) is 23.4 Å². The molecule has 1 aromatic heterocycles. The monoisotopic (exact) mass is 320 g/mol. The van der Waals surface area contributed by atoms with Crippen molar-refractivity contribution in [2.75, 3.05) is 11.9 Å². The number of rotatable bonds is 6. The minimum Gasteiger partial charge on any atom is -0.491 e. The van der Waals surface area contributed by atoms with Gasteiger partial charge >= 0.3 is 0 Å². The van der Waals surface area contributed by atoms with Crippen LogP contribution >= 0.6 is 0 Å². The molecule has 4 nitrogen and oxygen atoms in total. The van der Waals surface area contributed by atoms with Crippen molar-refractivity contribution in [3.05, 3.63) is 66.4 Å². The number of para-hydroxylation sites is 3. The van der Waals surface area contributed by atoms with Gasteiger partial charge in [0.15, 0.2) is 0 Å². The molecule has 122 valence electrons. The van der Waals surface area contributed by atoms with Gasteiger partial charge in [-0.15, -0.1) is 0 Å². The van der Waals surface area contributed by atoms with E-state index in [-0.39, 0.29) is 5.91 Å². The average Bonchev–Trinajstić information content (AvgIpc) is 2.63. The number of hydrogen-bond acceptors (Lipinski definition) is 3. The Kier molecular flexibility index (Phi) is 5.06. The summed E-state index contributed by atoms with van der Waals surface area (Å²) in [5.41, 5.74) is 1.92. The van der Waals surface area contributed by atoms with E-state index in [0.717, 1.165) is 18.2 Å². The predicted octanol–water partition coefficient (Wildman–Crippen LogP) is 4.67. The van der Waals surface area contributed by atoms with E-state index in [1.165, 1.54) is 0 Å². The normalized spacial score (nSPS) is 10.5. The topological polar surface area (TPSA) is 51.2 Å². The number of aromatic nitrogens is 1. The Morgan fingerprint density at radius 1 is 1.08 bits per heavy atom. The Hall–Kier alpha value is -2.88. The summed E-state index contributed by atoms with van der Waals surface area (Å²) in [5, 5.41) is 3.88. The molecule has 0 aliphatic rings. The lowest BCUT2D eigenvalue weighted by Gasteiger charge is -2.13. The van der Waals surface area contributed by atoms with Gasteiger partial charge in [0, 0.05) is 11.6 Å². The molecule has 0 radical (unpaired) electrons. The van der Waals surface area contributed by atoms with E-state index < -0.39 is 0 Å². The first-order valence-corrected chi connectivity index (χ1v) is 8.16. The lowest BCUT2D eigenvalue weighted by Crippen LogP contribution is -2.14. The van der Waals surface area contributed by atoms with Crippen molar-refractivity contribution in [1.82, 2.24) is 4.98 Å². The number of pyridine rings is 1. The first-order chi connectivity index (χ1) is 11.8. The number of fused-ring (bicyclic) bond motifs is 1.